The van der Waals surface area contributed by atoms with E-state index < -0.39 is 17.1 Å². The van der Waals surface area contributed by atoms with Crippen LogP contribution in [0.5, 0.6) is 0 Å². The topological polar surface area (TPSA) is 34.1 Å². The van der Waals surface area contributed by atoms with Gasteiger partial charge in [-0.05, 0) is 6.04 Å². The number of rotatable bonds is 3. The predicted octanol–water partition coefficient (Wildman–Crippen LogP) is 1.89. The monoisotopic (exact) mass is 200 g/mol. The molecule has 0 aliphatic carbocycles. The molecular weight excluding hydrogens is 188 g/mol. The Morgan fingerprint density at radius 2 is 1.70 bits per heavy atom. The lowest BCUT2D eigenvalue weighted by Crippen LogP contribution is -2.22. The average Bonchev–Trinajstić information content (AvgIpc) is 1.57. The first-order valence-electron chi connectivity index (χ1n) is 3.13. The Balaban J connectivity index is 3.79. The summed E-state index contributed by atoms with van der Waals surface area (Å²) in [4.78, 5) is 0. The van der Waals surface area contributed by atoms with Crippen LogP contribution in [0.3, 0.4) is 0 Å². The zero-order valence-corrected chi connectivity index (χ0v) is 9.09. The van der Waals surface area contributed by atoms with E-state index in [0.29, 0.717) is 0 Å². The third-order valence-corrected chi connectivity index (χ3v) is 4.36. The van der Waals surface area contributed by atoms with E-state index in [4.69, 9.17) is 10.7 Å². The molecule has 0 heterocycles. The summed E-state index contributed by atoms with van der Waals surface area (Å²) < 4.78 is 20.9. The lowest BCUT2D eigenvalue weighted by molar-refractivity contribution is 0.610. The van der Waals surface area contributed by atoms with Crippen molar-refractivity contribution in [3.8, 4) is 0 Å². The van der Waals surface area contributed by atoms with Gasteiger partial charge in [0.2, 0.25) is 9.05 Å². The van der Waals surface area contributed by atoms with Crippen LogP contribution < -0.4 is 0 Å². The van der Waals surface area contributed by atoms with Gasteiger partial charge in [-0.25, -0.2) is 8.42 Å². The molecule has 0 rings (SSSR count). The highest BCUT2D eigenvalue weighted by Gasteiger charge is 2.16. The van der Waals surface area contributed by atoms with Crippen LogP contribution in [0.4, 0.5) is 0 Å². The Morgan fingerprint density at radius 1 is 1.30 bits per heavy atom. The third-order valence-electron chi connectivity index (χ3n) is 1.10. The Labute approximate surface area is 68.0 Å². The maximum atomic E-state index is 10.5. The molecule has 0 N–H and O–H groups in total. The van der Waals surface area contributed by atoms with Gasteiger partial charge >= 0.3 is 0 Å². The van der Waals surface area contributed by atoms with Crippen molar-refractivity contribution in [3.05, 3.63) is 0 Å². The Morgan fingerprint density at radius 3 is 1.80 bits per heavy atom. The van der Waals surface area contributed by atoms with Gasteiger partial charge in [0, 0.05) is 18.8 Å². The fraction of sp³-hybridized carbons (Fsp3) is 1.00. The maximum absolute atomic E-state index is 10.5. The van der Waals surface area contributed by atoms with E-state index in [9.17, 15) is 8.42 Å². The fourth-order valence-corrected chi connectivity index (χ4v) is 4.55. The molecule has 5 heteroatoms. The van der Waals surface area contributed by atoms with Crippen LogP contribution in [0.15, 0.2) is 0 Å². The molecule has 0 unspecified atom stereocenters. The highest BCUT2D eigenvalue weighted by Crippen LogP contribution is 2.11. The van der Waals surface area contributed by atoms with E-state index >= 15 is 0 Å². The molecule has 0 amide bonds. The average molecular weight is 201 g/mol. The summed E-state index contributed by atoms with van der Waals surface area (Å²) in [6.07, 6.45) is 0. The first-order chi connectivity index (χ1) is 4.21. The molecule has 0 fully saturated rings. The molecule has 0 aromatic rings. The summed E-state index contributed by atoms with van der Waals surface area (Å²) in [5.74, 6) is 0.129. The third kappa shape index (κ3) is 8.46. The molecule has 0 saturated carbocycles. The zero-order valence-electron chi connectivity index (χ0n) is 6.52. The fourth-order valence-electron chi connectivity index (χ4n) is 0.428. The van der Waals surface area contributed by atoms with E-state index in [1.807, 2.05) is 0 Å². The minimum Gasteiger partial charge on any atom is -0.212 e. The molecule has 0 bridgehead atoms. The van der Waals surface area contributed by atoms with Crippen molar-refractivity contribution < 1.29 is 8.42 Å². The van der Waals surface area contributed by atoms with Crippen LogP contribution in [0.25, 0.3) is 0 Å². The summed E-state index contributed by atoms with van der Waals surface area (Å²) in [5, 5.41) is 0. The SMILES string of the molecule is C[Si](C)(C)CCS(=O)(=O)Cl. The predicted molar refractivity (Wildman–Crippen MR) is 47.8 cm³/mol. The molecule has 0 spiro atoms. The van der Waals surface area contributed by atoms with Crippen molar-refractivity contribution in [2.45, 2.75) is 25.7 Å². The zero-order chi connectivity index (χ0) is 8.41. The van der Waals surface area contributed by atoms with Gasteiger partial charge in [-0.3, -0.25) is 0 Å². The van der Waals surface area contributed by atoms with Crippen molar-refractivity contribution >= 4 is 27.8 Å². The molecular formula is C5H13ClO2SSi. The maximum Gasteiger partial charge on any atom is 0.232 e. The van der Waals surface area contributed by atoms with Gasteiger partial charge in [0.1, 0.15) is 0 Å². The summed E-state index contributed by atoms with van der Waals surface area (Å²) in [5.41, 5.74) is 0. The number of halogens is 1. The lowest BCUT2D eigenvalue weighted by Gasteiger charge is -2.13. The smallest absolute Gasteiger partial charge is 0.212 e. The van der Waals surface area contributed by atoms with Crippen LogP contribution in [-0.4, -0.2) is 22.2 Å². The first kappa shape index (κ1) is 10.5. The second kappa shape index (κ2) is 3.24. The van der Waals surface area contributed by atoms with E-state index in [1.165, 1.54) is 0 Å². The van der Waals surface area contributed by atoms with Crippen LogP contribution in [0.1, 0.15) is 0 Å². The van der Waals surface area contributed by atoms with Crippen molar-refractivity contribution in [1.82, 2.24) is 0 Å². The lowest BCUT2D eigenvalue weighted by atomic mass is 11.0. The van der Waals surface area contributed by atoms with Gasteiger partial charge in [0.05, 0.1) is 5.75 Å². The van der Waals surface area contributed by atoms with Gasteiger partial charge in [-0.1, -0.05) is 19.6 Å². The Bertz CT molecular complexity index is 192. The number of hydrogen-bond acceptors (Lipinski definition) is 2. The molecule has 62 valence electrons. The quantitative estimate of drug-likeness (QED) is 0.515. The van der Waals surface area contributed by atoms with Crippen LogP contribution in [-0.2, 0) is 9.05 Å². The van der Waals surface area contributed by atoms with E-state index in [1.54, 1.807) is 0 Å². The molecule has 2 nitrogen and oxygen atoms in total. The van der Waals surface area contributed by atoms with Gasteiger partial charge in [-0.2, -0.15) is 0 Å². The van der Waals surface area contributed by atoms with Crippen molar-refractivity contribution in [3.63, 3.8) is 0 Å². The van der Waals surface area contributed by atoms with Gasteiger partial charge in [0.15, 0.2) is 0 Å². The van der Waals surface area contributed by atoms with Crippen LogP contribution in [0, 0.1) is 0 Å². The molecule has 0 saturated heterocycles. The largest absolute Gasteiger partial charge is 0.232 e. The van der Waals surface area contributed by atoms with Crippen molar-refractivity contribution in [2.24, 2.45) is 0 Å². The standard InChI is InChI=1S/C5H13ClO2SSi/c1-10(2,3)5-4-9(6,7)8/h4-5H2,1-3H3. The van der Waals surface area contributed by atoms with Crippen LogP contribution >= 0.6 is 10.7 Å². The second-order valence-electron chi connectivity index (χ2n) is 3.55. The molecule has 10 heavy (non-hydrogen) atoms. The van der Waals surface area contributed by atoms with E-state index in [2.05, 4.69) is 19.6 Å². The Kier molecular flexibility index (Phi) is 3.38. The summed E-state index contributed by atoms with van der Waals surface area (Å²) >= 11 is 0. The first-order valence-corrected chi connectivity index (χ1v) is 9.32. The molecule has 0 aromatic heterocycles. The normalized spacial score (nSPS) is 13.6. The molecule has 0 atom stereocenters. The minimum atomic E-state index is -3.25. The Hall–Kier alpha value is 0.457. The summed E-state index contributed by atoms with van der Waals surface area (Å²) in [6, 6.07) is 0.749. The highest BCUT2D eigenvalue weighted by atomic mass is 35.7. The molecule has 0 aliphatic heterocycles. The minimum absolute atomic E-state index is 0.129. The summed E-state index contributed by atoms with van der Waals surface area (Å²) in [7, 11) is 0.553. The molecule has 0 aliphatic rings. The van der Waals surface area contributed by atoms with Gasteiger partial charge < -0.3 is 0 Å². The van der Waals surface area contributed by atoms with Crippen LogP contribution in [0.2, 0.25) is 25.7 Å². The van der Waals surface area contributed by atoms with Crippen molar-refractivity contribution in [2.75, 3.05) is 5.75 Å². The van der Waals surface area contributed by atoms with Gasteiger partial charge in [0.25, 0.3) is 0 Å². The van der Waals surface area contributed by atoms with E-state index in [0.717, 1.165) is 6.04 Å². The highest BCUT2D eigenvalue weighted by molar-refractivity contribution is 8.13. The summed E-state index contributed by atoms with van der Waals surface area (Å²) in [6.45, 7) is 6.36. The molecule has 0 aromatic carbocycles. The molecule has 0 radical (unpaired) electrons. The number of hydrogen-bond donors (Lipinski definition) is 0. The van der Waals surface area contributed by atoms with Crippen molar-refractivity contribution in [1.29, 1.82) is 0 Å². The van der Waals surface area contributed by atoms with Gasteiger partial charge in [-0.15, -0.1) is 0 Å². The second-order valence-corrected chi connectivity index (χ2v) is 12.1. The van der Waals surface area contributed by atoms with E-state index in [-0.39, 0.29) is 5.75 Å².